The van der Waals surface area contributed by atoms with Gasteiger partial charge in [-0.2, -0.15) is 0 Å². The normalized spacial score (nSPS) is 12.0. The minimum absolute atomic E-state index is 0.191. The summed E-state index contributed by atoms with van der Waals surface area (Å²) in [4.78, 5) is 12.2. The lowest BCUT2D eigenvalue weighted by Crippen LogP contribution is -2.14. The summed E-state index contributed by atoms with van der Waals surface area (Å²) in [6.07, 6.45) is 1.19. The highest BCUT2D eigenvalue weighted by molar-refractivity contribution is 7.96. The van der Waals surface area contributed by atoms with Crippen LogP contribution in [0.1, 0.15) is 15.9 Å². The van der Waals surface area contributed by atoms with Gasteiger partial charge in [-0.3, -0.25) is 4.79 Å². The van der Waals surface area contributed by atoms with Gasteiger partial charge in [-0.15, -0.1) is 0 Å². The van der Waals surface area contributed by atoms with Crippen LogP contribution in [0.3, 0.4) is 0 Å². The Bertz CT molecular complexity index is 1090. The molecule has 0 aliphatic carbocycles. The maximum Gasteiger partial charge on any atom is 0.210 e. The quantitative estimate of drug-likeness (QED) is 0.365. The zero-order valence-corrected chi connectivity index (χ0v) is 14.8. The third-order valence-electron chi connectivity index (χ3n) is 3.84. The molecule has 3 rings (SSSR count). The molecule has 0 fully saturated rings. The molecular weight excluding hydrogens is 370 g/mol. The van der Waals surface area contributed by atoms with Gasteiger partial charge in [0.1, 0.15) is 16.5 Å². The van der Waals surface area contributed by atoms with Crippen molar-refractivity contribution in [2.45, 2.75) is 4.90 Å². The van der Waals surface area contributed by atoms with Crippen molar-refractivity contribution in [1.82, 2.24) is 0 Å². The van der Waals surface area contributed by atoms with Crippen LogP contribution in [0.4, 0.5) is 8.78 Å². The molecule has 6 heteroatoms. The Morgan fingerprint density at radius 2 is 1.26 bits per heavy atom. The van der Waals surface area contributed by atoms with Gasteiger partial charge in [0, 0.05) is 5.56 Å². The lowest BCUT2D eigenvalue weighted by atomic mass is 10.1. The van der Waals surface area contributed by atoms with Gasteiger partial charge in [0.05, 0.1) is 4.90 Å². The summed E-state index contributed by atoms with van der Waals surface area (Å²) in [7, 11) is -4.22. The van der Waals surface area contributed by atoms with E-state index in [0.29, 0.717) is 5.56 Å². The molecule has 0 spiro atoms. The van der Waals surface area contributed by atoms with E-state index in [1.54, 1.807) is 18.2 Å². The first-order chi connectivity index (χ1) is 12.9. The largest absolute Gasteiger partial charge is 0.288 e. The first-order valence-corrected chi connectivity index (χ1v) is 9.44. The lowest BCUT2D eigenvalue weighted by molar-refractivity contribution is 0.104. The highest BCUT2D eigenvalue weighted by Crippen LogP contribution is 2.25. The molecule has 0 aliphatic rings. The SMILES string of the molecule is O=C(C(=Cc1ccc(F)cc1)S(=O)(=O)c1ccc(F)cc1)c1ccccc1. The van der Waals surface area contributed by atoms with Crippen LogP contribution in [-0.4, -0.2) is 14.2 Å². The van der Waals surface area contributed by atoms with Crippen LogP contribution in [0, 0.1) is 11.6 Å². The fraction of sp³-hybridized carbons (Fsp3) is 0. The van der Waals surface area contributed by atoms with E-state index in [-0.39, 0.29) is 10.5 Å². The summed E-state index contributed by atoms with van der Waals surface area (Å²) >= 11 is 0. The molecule has 0 unspecified atom stereocenters. The number of hydrogen-bond acceptors (Lipinski definition) is 3. The van der Waals surface area contributed by atoms with Gasteiger partial charge in [-0.25, -0.2) is 17.2 Å². The van der Waals surface area contributed by atoms with Crippen molar-refractivity contribution in [3.8, 4) is 0 Å². The predicted molar refractivity (Wildman–Crippen MR) is 98.7 cm³/mol. The minimum Gasteiger partial charge on any atom is -0.288 e. The van der Waals surface area contributed by atoms with E-state index >= 15 is 0 Å². The second kappa shape index (κ2) is 7.63. The summed E-state index contributed by atoms with van der Waals surface area (Å²) in [6.45, 7) is 0. The Morgan fingerprint density at radius 1 is 0.741 bits per heavy atom. The van der Waals surface area contributed by atoms with Crippen molar-refractivity contribution < 1.29 is 22.0 Å². The fourth-order valence-electron chi connectivity index (χ4n) is 2.45. The lowest BCUT2D eigenvalue weighted by Gasteiger charge is -2.09. The second-order valence-corrected chi connectivity index (χ2v) is 7.63. The average Bonchev–Trinajstić information content (AvgIpc) is 2.68. The molecule has 0 saturated carbocycles. The smallest absolute Gasteiger partial charge is 0.210 e. The van der Waals surface area contributed by atoms with Gasteiger partial charge in [0.2, 0.25) is 15.6 Å². The van der Waals surface area contributed by atoms with Crippen molar-refractivity contribution in [2.75, 3.05) is 0 Å². The van der Waals surface area contributed by atoms with Crippen LogP contribution < -0.4 is 0 Å². The molecule has 27 heavy (non-hydrogen) atoms. The summed E-state index contributed by atoms with van der Waals surface area (Å²) in [5, 5.41) is 0. The molecule has 3 aromatic carbocycles. The summed E-state index contributed by atoms with van der Waals surface area (Å²) < 4.78 is 52.4. The first kappa shape index (κ1) is 18.7. The van der Waals surface area contributed by atoms with Gasteiger partial charge >= 0.3 is 0 Å². The average molecular weight is 384 g/mol. The van der Waals surface area contributed by atoms with E-state index in [0.717, 1.165) is 24.3 Å². The highest BCUT2D eigenvalue weighted by atomic mass is 32.2. The number of carbonyl (C=O) groups is 1. The third-order valence-corrected chi connectivity index (χ3v) is 5.62. The highest BCUT2D eigenvalue weighted by Gasteiger charge is 2.28. The van der Waals surface area contributed by atoms with Crippen LogP contribution in [0.15, 0.2) is 88.7 Å². The number of benzene rings is 3. The monoisotopic (exact) mass is 384 g/mol. The number of carbonyl (C=O) groups excluding carboxylic acids is 1. The Hall–Kier alpha value is -3.12. The Kier molecular flexibility index (Phi) is 5.28. The van der Waals surface area contributed by atoms with Crippen molar-refractivity contribution >= 4 is 21.7 Å². The van der Waals surface area contributed by atoms with E-state index in [1.165, 1.54) is 42.5 Å². The number of rotatable bonds is 5. The van der Waals surface area contributed by atoms with Crippen LogP contribution in [0.25, 0.3) is 6.08 Å². The zero-order valence-electron chi connectivity index (χ0n) is 14.0. The number of allylic oxidation sites excluding steroid dienone is 1. The molecule has 0 saturated heterocycles. The number of halogens is 2. The molecule has 0 radical (unpaired) electrons. The Balaban J connectivity index is 2.16. The minimum atomic E-state index is -4.22. The molecule has 0 bridgehead atoms. The molecule has 0 aliphatic heterocycles. The third kappa shape index (κ3) is 4.17. The molecule has 136 valence electrons. The van der Waals surface area contributed by atoms with Crippen LogP contribution in [-0.2, 0) is 9.84 Å². The molecule has 0 N–H and O–H groups in total. The summed E-state index contributed by atoms with van der Waals surface area (Å²) in [5.41, 5.74) is 0.540. The number of sulfone groups is 1. The molecular formula is C21H14F2O3S. The Labute approximate surface area is 155 Å². The summed E-state index contributed by atoms with van der Waals surface area (Å²) in [5.74, 6) is -1.78. The Morgan fingerprint density at radius 3 is 1.81 bits per heavy atom. The maximum absolute atomic E-state index is 13.2. The standard InChI is InChI=1S/C21H14F2O3S/c22-17-8-6-15(7-9-17)14-20(21(24)16-4-2-1-3-5-16)27(25,26)19-12-10-18(23)11-13-19/h1-14H. The van der Waals surface area contributed by atoms with E-state index in [2.05, 4.69) is 0 Å². The van der Waals surface area contributed by atoms with Gasteiger partial charge < -0.3 is 0 Å². The van der Waals surface area contributed by atoms with Crippen molar-refractivity contribution in [3.63, 3.8) is 0 Å². The molecule has 0 heterocycles. The van der Waals surface area contributed by atoms with Crippen LogP contribution in [0.2, 0.25) is 0 Å². The molecule has 0 amide bonds. The number of ketones is 1. The van der Waals surface area contributed by atoms with Crippen molar-refractivity contribution in [1.29, 1.82) is 0 Å². The maximum atomic E-state index is 13.2. The van der Waals surface area contributed by atoms with Crippen LogP contribution in [0.5, 0.6) is 0 Å². The first-order valence-electron chi connectivity index (χ1n) is 7.95. The van der Waals surface area contributed by atoms with Crippen LogP contribution >= 0.6 is 0 Å². The van der Waals surface area contributed by atoms with E-state index in [1.807, 2.05) is 0 Å². The van der Waals surface area contributed by atoms with E-state index in [9.17, 15) is 22.0 Å². The fourth-order valence-corrected chi connectivity index (χ4v) is 3.85. The number of hydrogen-bond donors (Lipinski definition) is 0. The molecule has 0 atom stereocenters. The summed E-state index contributed by atoms with van der Waals surface area (Å²) in [6, 6.07) is 17.2. The van der Waals surface area contributed by atoms with Crippen molar-refractivity contribution in [2.24, 2.45) is 0 Å². The van der Waals surface area contributed by atoms with Gasteiger partial charge in [0.15, 0.2) is 0 Å². The number of Topliss-reactive ketones (excluding diaryl/α,β-unsaturated/α-hetero) is 1. The second-order valence-electron chi connectivity index (χ2n) is 5.71. The zero-order chi connectivity index (χ0) is 19.4. The van der Waals surface area contributed by atoms with Gasteiger partial charge in [-0.1, -0.05) is 42.5 Å². The van der Waals surface area contributed by atoms with E-state index in [4.69, 9.17) is 0 Å². The molecule has 3 nitrogen and oxygen atoms in total. The van der Waals surface area contributed by atoms with Gasteiger partial charge in [-0.05, 0) is 48.0 Å². The molecule has 0 aromatic heterocycles. The molecule has 3 aromatic rings. The predicted octanol–water partition coefficient (Wildman–Crippen LogP) is 4.66. The van der Waals surface area contributed by atoms with Crippen molar-refractivity contribution in [3.05, 3.63) is 107 Å². The van der Waals surface area contributed by atoms with E-state index < -0.39 is 32.2 Å². The van der Waals surface area contributed by atoms with Gasteiger partial charge in [0.25, 0.3) is 0 Å². The topological polar surface area (TPSA) is 51.2 Å².